The molecule has 46 heavy (non-hydrogen) atoms. The minimum absolute atomic E-state index is 0.0623. The maximum absolute atomic E-state index is 12.0. The van der Waals surface area contributed by atoms with Crippen molar-refractivity contribution in [2.75, 3.05) is 6.61 Å². The molecule has 0 fully saturated rings. The zero-order valence-electron chi connectivity index (χ0n) is 30.9. The van der Waals surface area contributed by atoms with Crippen molar-refractivity contribution in [3.8, 4) is 0 Å². The van der Waals surface area contributed by atoms with E-state index in [1.54, 1.807) is 0 Å². The summed E-state index contributed by atoms with van der Waals surface area (Å²) in [5.41, 5.74) is 0. The van der Waals surface area contributed by atoms with Crippen molar-refractivity contribution < 1.29 is 19.4 Å². The van der Waals surface area contributed by atoms with Crippen molar-refractivity contribution in [2.45, 2.75) is 219 Å². The lowest BCUT2D eigenvalue weighted by atomic mass is 9.94. The number of carbonyl (C=O) groups excluding carboxylic acids is 1. The molecular weight excluding hydrogens is 568 g/mol. The monoisotopic (exact) mass is 647 g/mol. The molecule has 0 bridgehead atoms. The van der Waals surface area contributed by atoms with E-state index in [-0.39, 0.29) is 11.9 Å². The van der Waals surface area contributed by atoms with Crippen molar-refractivity contribution in [3.63, 3.8) is 0 Å². The van der Waals surface area contributed by atoms with E-state index in [9.17, 15) is 14.7 Å². The summed E-state index contributed by atoms with van der Waals surface area (Å²) in [7, 11) is 0. The number of carboxylic acids is 1. The fourth-order valence-electron chi connectivity index (χ4n) is 6.12. The van der Waals surface area contributed by atoms with E-state index in [1.807, 2.05) is 0 Å². The highest BCUT2D eigenvalue weighted by atomic mass is 16.5. The Labute approximate surface area is 287 Å². The number of esters is 1. The van der Waals surface area contributed by atoms with Gasteiger partial charge < -0.3 is 9.84 Å². The van der Waals surface area contributed by atoms with Crippen LogP contribution in [0.25, 0.3) is 0 Å². The maximum atomic E-state index is 12.0. The molecule has 0 rings (SSSR count). The largest absolute Gasteiger partial charge is 0.481 e. The Morgan fingerprint density at radius 1 is 0.478 bits per heavy atom. The lowest BCUT2D eigenvalue weighted by molar-refractivity contribution is -0.144. The van der Waals surface area contributed by atoms with Gasteiger partial charge in [-0.05, 0) is 77.0 Å². The summed E-state index contributed by atoms with van der Waals surface area (Å²) in [6.07, 6.45) is 46.8. The molecule has 4 nitrogen and oxygen atoms in total. The van der Waals surface area contributed by atoms with Gasteiger partial charge >= 0.3 is 11.9 Å². The Morgan fingerprint density at radius 3 is 1.24 bits per heavy atom. The highest BCUT2D eigenvalue weighted by Gasteiger charge is 2.16. The first kappa shape index (κ1) is 44.4. The minimum atomic E-state index is -0.637. The lowest BCUT2D eigenvalue weighted by Gasteiger charge is -2.12. The molecule has 0 spiro atoms. The predicted octanol–water partition coefficient (Wildman–Crippen LogP) is 13.9. The number of hydrogen-bond acceptors (Lipinski definition) is 3. The van der Waals surface area contributed by atoms with E-state index in [1.165, 1.54) is 128 Å². The van der Waals surface area contributed by atoms with Crippen LogP contribution in [-0.2, 0) is 14.3 Å². The van der Waals surface area contributed by atoms with Crippen LogP contribution in [0.15, 0.2) is 24.3 Å². The van der Waals surface area contributed by atoms with Crippen LogP contribution in [0, 0.1) is 5.92 Å². The second-order valence-electron chi connectivity index (χ2n) is 13.8. The maximum Gasteiger partial charge on any atom is 0.306 e. The van der Waals surface area contributed by atoms with Gasteiger partial charge in [0, 0.05) is 6.42 Å². The molecule has 1 N–H and O–H groups in total. The van der Waals surface area contributed by atoms with Crippen molar-refractivity contribution >= 4 is 11.9 Å². The molecule has 0 aliphatic rings. The van der Waals surface area contributed by atoms with Gasteiger partial charge in [-0.1, -0.05) is 160 Å². The van der Waals surface area contributed by atoms with Crippen LogP contribution < -0.4 is 0 Å². The molecule has 0 aromatic carbocycles. The van der Waals surface area contributed by atoms with Gasteiger partial charge in [0.25, 0.3) is 0 Å². The van der Waals surface area contributed by atoms with Crippen LogP contribution in [0.4, 0.5) is 0 Å². The summed E-state index contributed by atoms with van der Waals surface area (Å²) in [6, 6.07) is 0. The van der Waals surface area contributed by atoms with Crippen LogP contribution in [-0.4, -0.2) is 23.7 Å². The fraction of sp³-hybridized carbons (Fsp3) is 0.857. The third kappa shape index (κ3) is 35.3. The molecule has 0 heterocycles. The minimum Gasteiger partial charge on any atom is -0.481 e. The van der Waals surface area contributed by atoms with E-state index in [0.29, 0.717) is 13.0 Å². The number of carbonyl (C=O) groups is 2. The fourth-order valence-corrected chi connectivity index (χ4v) is 6.12. The second kappa shape index (κ2) is 37.9. The topological polar surface area (TPSA) is 63.6 Å². The van der Waals surface area contributed by atoms with Crippen LogP contribution in [0.5, 0.6) is 0 Å². The highest BCUT2D eigenvalue weighted by molar-refractivity contribution is 5.70. The third-order valence-electron chi connectivity index (χ3n) is 9.27. The summed E-state index contributed by atoms with van der Waals surface area (Å²) in [5.74, 6) is -0.906. The number of rotatable bonds is 37. The molecule has 0 saturated carbocycles. The van der Waals surface area contributed by atoms with E-state index >= 15 is 0 Å². The molecule has 1 unspecified atom stereocenters. The van der Waals surface area contributed by atoms with Gasteiger partial charge in [-0.3, -0.25) is 9.59 Å². The molecule has 0 aromatic rings. The van der Waals surface area contributed by atoms with Gasteiger partial charge in [-0.2, -0.15) is 0 Å². The molecule has 0 aliphatic heterocycles. The molecule has 0 amide bonds. The predicted molar refractivity (Wildman–Crippen MR) is 199 cm³/mol. The molecule has 0 aromatic heterocycles. The summed E-state index contributed by atoms with van der Waals surface area (Å²) >= 11 is 0. The van der Waals surface area contributed by atoms with Crippen molar-refractivity contribution in [1.82, 2.24) is 0 Å². The van der Waals surface area contributed by atoms with Gasteiger partial charge in [0.1, 0.15) is 0 Å². The summed E-state index contributed by atoms with van der Waals surface area (Å²) in [6.45, 7) is 5.03. The Kier molecular flexibility index (Phi) is 36.6. The second-order valence-corrected chi connectivity index (χ2v) is 13.8. The van der Waals surface area contributed by atoms with Crippen molar-refractivity contribution in [1.29, 1.82) is 0 Å². The van der Waals surface area contributed by atoms with Gasteiger partial charge in [0.05, 0.1) is 12.5 Å². The zero-order valence-corrected chi connectivity index (χ0v) is 30.9. The SMILES string of the molecule is CCCCCCCCC=CCCCCCCCC(=O)OCCCCCCC(CCCCCCC=CCCCCCCCC)C(=O)O. The Hall–Kier alpha value is -1.58. The molecule has 270 valence electrons. The van der Waals surface area contributed by atoms with Crippen molar-refractivity contribution in [3.05, 3.63) is 24.3 Å². The number of unbranched alkanes of at least 4 members (excludes halogenated alkanes) is 24. The molecule has 0 aliphatic carbocycles. The van der Waals surface area contributed by atoms with E-state index in [0.717, 1.165) is 70.6 Å². The number of aliphatic carboxylic acids is 1. The number of ether oxygens (including phenoxy) is 1. The van der Waals surface area contributed by atoms with E-state index in [2.05, 4.69) is 38.2 Å². The molecule has 4 heteroatoms. The molecule has 0 saturated heterocycles. The van der Waals surface area contributed by atoms with Gasteiger partial charge in [-0.25, -0.2) is 0 Å². The summed E-state index contributed by atoms with van der Waals surface area (Å²) in [5, 5.41) is 9.61. The number of carboxylic acid groups (broad SMARTS) is 1. The molecular formula is C42H78O4. The summed E-state index contributed by atoms with van der Waals surface area (Å²) in [4.78, 5) is 23.7. The first-order valence-corrected chi connectivity index (χ1v) is 20.3. The summed E-state index contributed by atoms with van der Waals surface area (Å²) < 4.78 is 5.41. The van der Waals surface area contributed by atoms with Gasteiger partial charge in [0.2, 0.25) is 0 Å². The van der Waals surface area contributed by atoms with Crippen LogP contribution in [0.3, 0.4) is 0 Å². The molecule has 1 atom stereocenters. The Morgan fingerprint density at radius 2 is 0.826 bits per heavy atom. The van der Waals surface area contributed by atoms with Crippen LogP contribution in [0.2, 0.25) is 0 Å². The number of allylic oxidation sites excluding steroid dienone is 4. The third-order valence-corrected chi connectivity index (χ3v) is 9.27. The van der Waals surface area contributed by atoms with Crippen LogP contribution >= 0.6 is 0 Å². The first-order chi connectivity index (χ1) is 22.6. The first-order valence-electron chi connectivity index (χ1n) is 20.3. The van der Waals surface area contributed by atoms with Crippen molar-refractivity contribution in [2.24, 2.45) is 5.92 Å². The smallest absolute Gasteiger partial charge is 0.306 e. The average molecular weight is 647 g/mol. The standard InChI is InChI=1S/C42H78O4/c1-3-5-7-9-11-13-15-17-19-21-23-25-27-29-34-38-41(43)46-39-35-31-30-33-37-40(42(44)45)36-32-28-26-24-22-20-18-16-14-12-10-8-6-4-2/h17-20,40H,3-16,21-39H2,1-2H3,(H,44,45). The normalized spacial score (nSPS) is 12.4. The van der Waals surface area contributed by atoms with Gasteiger partial charge in [0.15, 0.2) is 0 Å². The Bertz CT molecular complexity index is 698. The molecule has 0 radical (unpaired) electrons. The lowest BCUT2D eigenvalue weighted by Crippen LogP contribution is -2.13. The highest BCUT2D eigenvalue weighted by Crippen LogP contribution is 2.19. The van der Waals surface area contributed by atoms with Gasteiger partial charge in [-0.15, -0.1) is 0 Å². The quantitative estimate of drug-likeness (QED) is 0.0414. The van der Waals surface area contributed by atoms with E-state index in [4.69, 9.17) is 4.74 Å². The average Bonchev–Trinajstić information content (AvgIpc) is 3.05. The van der Waals surface area contributed by atoms with E-state index < -0.39 is 5.97 Å². The van der Waals surface area contributed by atoms with Crippen LogP contribution in [0.1, 0.15) is 219 Å². The Balaban J connectivity index is 3.51. The zero-order chi connectivity index (χ0) is 33.6. The number of hydrogen-bond donors (Lipinski definition) is 1.